The van der Waals surface area contributed by atoms with Crippen LogP contribution in [0.3, 0.4) is 0 Å². The standard InChI is InChI=1S/C11H18N2O5/c1-6-4-7(5-18-6)10(15)13-8(11(16)17)2-3-9(12)14/h6-8H,2-5H2,1H3,(H2,12,14)(H,13,15)(H,16,17). The monoisotopic (exact) mass is 258 g/mol. The van der Waals surface area contributed by atoms with Crippen molar-refractivity contribution < 1.29 is 24.2 Å². The molecule has 0 spiro atoms. The lowest BCUT2D eigenvalue weighted by Gasteiger charge is -2.16. The Bertz CT molecular complexity index is 344. The molecule has 0 aromatic rings. The molecule has 102 valence electrons. The quantitative estimate of drug-likeness (QED) is 0.579. The molecule has 0 radical (unpaired) electrons. The van der Waals surface area contributed by atoms with Crippen LogP contribution in [0.2, 0.25) is 0 Å². The Kier molecular flexibility index (Phi) is 5.08. The topological polar surface area (TPSA) is 119 Å². The molecule has 1 aliphatic heterocycles. The predicted molar refractivity (Wildman–Crippen MR) is 61.5 cm³/mol. The highest BCUT2D eigenvalue weighted by Crippen LogP contribution is 2.19. The summed E-state index contributed by atoms with van der Waals surface area (Å²) in [4.78, 5) is 33.3. The van der Waals surface area contributed by atoms with Crippen molar-refractivity contribution in [1.29, 1.82) is 0 Å². The molecule has 7 nitrogen and oxygen atoms in total. The Morgan fingerprint density at radius 3 is 2.61 bits per heavy atom. The first-order valence-electron chi connectivity index (χ1n) is 5.83. The van der Waals surface area contributed by atoms with E-state index in [1.807, 2.05) is 6.92 Å². The van der Waals surface area contributed by atoms with Gasteiger partial charge in [-0.05, 0) is 19.8 Å². The SMILES string of the molecule is CC1CC(C(=O)NC(CCC(N)=O)C(=O)O)CO1. The lowest BCUT2D eigenvalue weighted by atomic mass is 10.0. The smallest absolute Gasteiger partial charge is 0.326 e. The molecular weight excluding hydrogens is 240 g/mol. The van der Waals surface area contributed by atoms with Crippen LogP contribution >= 0.6 is 0 Å². The predicted octanol–water partition coefficient (Wildman–Crippen LogP) is -0.754. The van der Waals surface area contributed by atoms with Crippen molar-refractivity contribution in [2.24, 2.45) is 11.7 Å². The zero-order valence-electron chi connectivity index (χ0n) is 10.2. The first-order chi connectivity index (χ1) is 8.40. The molecule has 1 rings (SSSR count). The molecule has 1 heterocycles. The van der Waals surface area contributed by atoms with Gasteiger partial charge in [0.05, 0.1) is 18.6 Å². The van der Waals surface area contributed by atoms with Crippen molar-refractivity contribution in [2.45, 2.75) is 38.3 Å². The fourth-order valence-electron chi connectivity index (χ4n) is 1.83. The van der Waals surface area contributed by atoms with Gasteiger partial charge in [0.1, 0.15) is 6.04 Å². The molecule has 1 fully saturated rings. The number of aliphatic carboxylic acids is 1. The van der Waals surface area contributed by atoms with Crippen LogP contribution in [0.15, 0.2) is 0 Å². The number of carboxylic acids is 1. The van der Waals surface area contributed by atoms with E-state index in [0.717, 1.165) is 0 Å². The first-order valence-corrected chi connectivity index (χ1v) is 5.83. The Balaban J connectivity index is 2.47. The summed E-state index contributed by atoms with van der Waals surface area (Å²) in [6.45, 7) is 2.16. The molecule has 1 saturated heterocycles. The molecular formula is C11H18N2O5. The second-order valence-corrected chi connectivity index (χ2v) is 4.48. The van der Waals surface area contributed by atoms with Gasteiger partial charge in [-0.1, -0.05) is 0 Å². The second-order valence-electron chi connectivity index (χ2n) is 4.48. The maximum Gasteiger partial charge on any atom is 0.326 e. The molecule has 3 atom stereocenters. The van der Waals surface area contributed by atoms with Crippen molar-refractivity contribution in [3.05, 3.63) is 0 Å². The van der Waals surface area contributed by atoms with Gasteiger partial charge in [-0.3, -0.25) is 9.59 Å². The molecule has 3 unspecified atom stereocenters. The fourth-order valence-corrected chi connectivity index (χ4v) is 1.83. The van der Waals surface area contributed by atoms with Crippen molar-refractivity contribution in [2.75, 3.05) is 6.61 Å². The molecule has 2 amide bonds. The van der Waals surface area contributed by atoms with E-state index in [1.165, 1.54) is 0 Å². The summed E-state index contributed by atoms with van der Waals surface area (Å²) in [7, 11) is 0. The molecule has 1 aliphatic rings. The Hall–Kier alpha value is -1.63. The van der Waals surface area contributed by atoms with Gasteiger partial charge in [-0.15, -0.1) is 0 Å². The Morgan fingerprint density at radius 2 is 2.17 bits per heavy atom. The highest BCUT2D eigenvalue weighted by Gasteiger charge is 2.31. The molecule has 0 saturated carbocycles. The molecule has 4 N–H and O–H groups in total. The normalized spacial score (nSPS) is 24.5. The van der Waals surface area contributed by atoms with Crippen LogP contribution in [-0.4, -0.2) is 41.6 Å². The zero-order chi connectivity index (χ0) is 13.7. The molecule has 0 aromatic heterocycles. The Morgan fingerprint density at radius 1 is 1.50 bits per heavy atom. The average Bonchev–Trinajstić information content (AvgIpc) is 2.70. The first kappa shape index (κ1) is 14.4. The molecule has 7 heteroatoms. The van der Waals surface area contributed by atoms with E-state index in [9.17, 15) is 14.4 Å². The summed E-state index contributed by atoms with van der Waals surface area (Å²) < 4.78 is 5.24. The number of carbonyl (C=O) groups is 3. The number of carbonyl (C=O) groups excluding carboxylic acids is 2. The van der Waals surface area contributed by atoms with Crippen LogP contribution in [-0.2, 0) is 19.1 Å². The number of hydrogen-bond donors (Lipinski definition) is 3. The minimum Gasteiger partial charge on any atom is -0.480 e. The molecule has 0 aromatic carbocycles. The van der Waals surface area contributed by atoms with Crippen LogP contribution < -0.4 is 11.1 Å². The summed E-state index contributed by atoms with van der Waals surface area (Å²) in [5.74, 6) is -2.43. The highest BCUT2D eigenvalue weighted by molar-refractivity contribution is 5.85. The maximum absolute atomic E-state index is 11.8. The largest absolute Gasteiger partial charge is 0.480 e. The lowest BCUT2D eigenvalue weighted by molar-refractivity contribution is -0.142. The van der Waals surface area contributed by atoms with E-state index in [1.54, 1.807) is 0 Å². The van der Waals surface area contributed by atoms with Gasteiger partial charge in [-0.2, -0.15) is 0 Å². The second kappa shape index (κ2) is 6.34. The number of nitrogens with one attached hydrogen (secondary N) is 1. The van der Waals surface area contributed by atoms with E-state index in [-0.39, 0.29) is 30.8 Å². The molecule has 0 bridgehead atoms. The van der Waals surface area contributed by atoms with E-state index in [2.05, 4.69) is 5.32 Å². The van der Waals surface area contributed by atoms with Gasteiger partial charge < -0.3 is 20.9 Å². The number of hydrogen-bond acceptors (Lipinski definition) is 4. The van der Waals surface area contributed by atoms with Gasteiger partial charge in [0.25, 0.3) is 0 Å². The highest BCUT2D eigenvalue weighted by atomic mass is 16.5. The number of amides is 2. The van der Waals surface area contributed by atoms with E-state index in [4.69, 9.17) is 15.6 Å². The van der Waals surface area contributed by atoms with Crippen molar-refractivity contribution in [1.82, 2.24) is 5.32 Å². The number of carboxylic acid groups (broad SMARTS) is 1. The molecule has 18 heavy (non-hydrogen) atoms. The molecule has 0 aliphatic carbocycles. The van der Waals surface area contributed by atoms with Crippen LogP contribution in [0.5, 0.6) is 0 Å². The number of ether oxygens (including phenoxy) is 1. The minimum absolute atomic E-state index is 0.000459. The van der Waals surface area contributed by atoms with Gasteiger partial charge >= 0.3 is 5.97 Å². The van der Waals surface area contributed by atoms with E-state index < -0.39 is 17.9 Å². The maximum atomic E-state index is 11.8. The summed E-state index contributed by atoms with van der Waals surface area (Å²) >= 11 is 0. The summed E-state index contributed by atoms with van der Waals surface area (Å²) in [5, 5.41) is 11.3. The van der Waals surface area contributed by atoms with Crippen LogP contribution in [0.4, 0.5) is 0 Å². The van der Waals surface area contributed by atoms with Gasteiger partial charge in [0.15, 0.2) is 0 Å². The average molecular weight is 258 g/mol. The summed E-state index contributed by atoms with van der Waals surface area (Å²) in [6, 6.07) is -1.08. The van der Waals surface area contributed by atoms with E-state index >= 15 is 0 Å². The Labute approximate surface area is 105 Å². The van der Waals surface area contributed by atoms with Crippen LogP contribution in [0.1, 0.15) is 26.2 Å². The fraction of sp³-hybridized carbons (Fsp3) is 0.727. The summed E-state index contributed by atoms with van der Waals surface area (Å²) in [5.41, 5.74) is 4.95. The number of primary amides is 1. The zero-order valence-corrected chi connectivity index (χ0v) is 10.2. The third-order valence-electron chi connectivity index (χ3n) is 2.86. The number of nitrogens with two attached hydrogens (primary N) is 1. The minimum atomic E-state index is -1.17. The van der Waals surface area contributed by atoms with E-state index in [0.29, 0.717) is 13.0 Å². The van der Waals surface area contributed by atoms with Crippen molar-refractivity contribution >= 4 is 17.8 Å². The third-order valence-corrected chi connectivity index (χ3v) is 2.86. The van der Waals surface area contributed by atoms with Gasteiger partial charge in [0.2, 0.25) is 11.8 Å². The van der Waals surface area contributed by atoms with Crippen molar-refractivity contribution in [3.8, 4) is 0 Å². The lowest BCUT2D eigenvalue weighted by Crippen LogP contribution is -2.44. The van der Waals surface area contributed by atoms with Gasteiger partial charge in [0, 0.05) is 6.42 Å². The van der Waals surface area contributed by atoms with Crippen LogP contribution in [0, 0.1) is 5.92 Å². The number of rotatable bonds is 6. The van der Waals surface area contributed by atoms with Gasteiger partial charge in [-0.25, -0.2) is 4.79 Å². The van der Waals surface area contributed by atoms with Crippen LogP contribution in [0.25, 0.3) is 0 Å². The van der Waals surface area contributed by atoms with Crippen molar-refractivity contribution in [3.63, 3.8) is 0 Å². The third kappa shape index (κ3) is 4.33. The summed E-state index contributed by atoms with van der Waals surface area (Å²) in [6.07, 6.45) is 0.511.